The number of Topliss-reactive ketones (excluding diaryl/α,β-unsaturated/α-hetero) is 1. The molecule has 0 heterocycles. The average molecular weight is 227 g/mol. The maximum atomic E-state index is 11.6. The molecule has 0 fully saturated rings. The molecular formula is C10H11BrO. The van der Waals surface area contributed by atoms with Crippen molar-refractivity contribution in [2.45, 2.75) is 30.5 Å². The van der Waals surface area contributed by atoms with Crippen molar-refractivity contribution in [2.75, 3.05) is 0 Å². The van der Waals surface area contributed by atoms with Gasteiger partial charge in [-0.05, 0) is 25.7 Å². The van der Waals surface area contributed by atoms with Crippen LogP contribution in [0.1, 0.15) is 25.7 Å². The SMILES string of the molecule is O=C1C2=C(CCC=C2)CCC1Br. The Kier molecular flexibility index (Phi) is 2.18. The van der Waals surface area contributed by atoms with Crippen LogP contribution in [0.25, 0.3) is 0 Å². The van der Waals surface area contributed by atoms with Crippen LogP contribution in [0.15, 0.2) is 23.3 Å². The van der Waals surface area contributed by atoms with E-state index in [1.807, 2.05) is 6.08 Å². The van der Waals surface area contributed by atoms with Crippen LogP contribution in [0.2, 0.25) is 0 Å². The Labute approximate surface area is 80.7 Å². The summed E-state index contributed by atoms with van der Waals surface area (Å²) in [6.07, 6.45) is 8.37. The van der Waals surface area contributed by atoms with Crippen LogP contribution < -0.4 is 0 Å². The fourth-order valence-corrected chi connectivity index (χ4v) is 2.30. The van der Waals surface area contributed by atoms with Crippen molar-refractivity contribution in [3.05, 3.63) is 23.3 Å². The second-order valence-corrected chi connectivity index (χ2v) is 4.43. The molecule has 1 atom stereocenters. The molecule has 2 aliphatic carbocycles. The van der Waals surface area contributed by atoms with E-state index in [9.17, 15) is 4.79 Å². The molecule has 0 radical (unpaired) electrons. The summed E-state index contributed by atoms with van der Waals surface area (Å²) in [6, 6.07) is 0. The second kappa shape index (κ2) is 3.17. The normalized spacial score (nSPS) is 29.1. The van der Waals surface area contributed by atoms with Gasteiger partial charge in [-0.15, -0.1) is 0 Å². The Hall–Kier alpha value is -0.370. The number of carbonyl (C=O) groups is 1. The number of alkyl halides is 1. The third-order valence-electron chi connectivity index (χ3n) is 2.53. The molecule has 64 valence electrons. The zero-order valence-corrected chi connectivity index (χ0v) is 8.43. The third-order valence-corrected chi connectivity index (χ3v) is 3.40. The maximum absolute atomic E-state index is 11.6. The van der Waals surface area contributed by atoms with E-state index in [2.05, 4.69) is 22.0 Å². The molecule has 0 bridgehead atoms. The van der Waals surface area contributed by atoms with Crippen LogP contribution in [0.4, 0.5) is 0 Å². The van der Waals surface area contributed by atoms with Gasteiger partial charge in [0.1, 0.15) is 0 Å². The Balaban J connectivity index is 2.35. The molecule has 0 saturated carbocycles. The van der Waals surface area contributed by atoms with E-state index in [1.165, 1.54) is 5.57 Å². The Morgan fingerprint density at radius 3 is 3.08 bits per heavy atom. The summed E-state index contributed by atoms with van der Waals surface area (Å²) in [4.78, 5) is 11.7. The second-order valence-electron chi connectivity index (χ2n) is 3.33. The lowest BCUT2D eigenvalue weighted by molar-refractivity contribution is -0.115. The molecule has 0 aromatic heterocycles. The number of rotatable bonds is 0. The first-order valence-electron chi connectivity index (χ1n) is 4.36. The van der Waals surface area contributed by atoms with Crippen LogP contribution in [-0.4, -0.2) is 10.6 Å². The van der Waals surface area contributed by atoms with E-state index >= 15 is 0 Å². The minimum absolute atomic E-state index is 0.0685. The molecule has 0 aromatic rings. The van der Waals surface area contributed by atoms with Gasteiger partial charge in [-0.25, -0.2) is 0 Å². The Bertz CT molecular complexity index is 276. The van der Waals surface area contributed by atoms with Crippen LogP contribution in [0.5, 0.6) is 0 Å². The Morgan fingerprint density at radius 2 is 2.25 bits per heavy atom. The summed E-state index contributed by atoms with van der Waals surface area (Å²) in [5.74, 6) is 0.284. The van der Waals surface area contributed by atoms with E-state index < -0.39 is 0 Å². The summed E-state index contributed by atoms with van der Waals surface area (Å²) in [5.41, 5.74) is 2.35. The predicted molar refractivity (Wildman–Crippen MR) is 52.4 cm³/mol. The number of hydrogen-bond acceptors (Lipinski definition) is 1. The highest BCUT2D eigenvalue weighted by atomic mass is 79.9. The van der Waals surface area contributed by atoms with Crippen LogP contribution in [-0.2, 0) is 4.79 Å². The van der Waals surface area contributed by atoms with E-state index in [1.54, 1.807) is 0 Å². The summed E-state index contributed by atoms with van der Waals surface area (Å²) >= 11 is 3.40. The minimum atomic E-state index is 0.0685. The van der Waals surface area contributed by atoms with Crippen LogP contribution in [0.3, 0.4) is 0 Å². The standard InChI is InChI=1S/C10H11BrO/c11-9-6-5-7-3-1-2-4-8(7)10(9)12/h2,4,9H,1,3,5-6H2. The van der Waals surface area contributed by atoms with Gasteiger partial charge in [-0.1, -0.05) is 33.7 Å². The van der Waals surface area contributed by atoms with Gasteiger partial charge in [0.15, 0.2) is 5.78 Å². The summed E-state index contributed by atoms with van der Waals surface area (Å²) in [5, 5.41) is 0. The molecule has 0 N–H and O–H groups in total. The first-order chi connectivity index (χ1) is 5.79. The lowest BCUT2D eigenvalue weighted by Gasteiger charge is -2.23. The van der Waals surface area contributed by atoms with Gasteiger partial charge in [0.2, 0.25) is 0 Å². The largest absolute Gasteiger partial charge is 0.293 e. The Morgan fingerprint density at radius 1 is 1.42 bits per heavy atom. The lowest BCUT2D eigenvalue weighted by Crippen LogP contribution is -2.22. The van der Waals surface area contributed by atoms with Gasteiger partial charge in [0.25, 0.3) is 0 Å². The topological polar surface area (TPSA) is 17.1 Å². The zero-order chi connectivity index (χ0) is 8.55. The van der Waals surface area contributed by atoms with Gasteiger partial charge < -0.3 is 0 Å². The van der Waals surface area contributed by atoms with Crippen molar-refractivity contribution in [3.8, 4) is 0 Å². The lowest BCUT2D eigenvalue weighted by atomic mass is 9.85. The van der Waals surface area contributed by atoms with Gasteiger partial charge >= 0.3 is 0 Å². The number of halogens is 1. The summed E-state index contributed by atoms with van der Waals surface area (Å²) in [7, 11) is 0. The van der Waals surface area contributed by atoms with Crippen molar-refractivity contribution >= 4 is 21.7 Å². The van der Waals surface area contributed by atoms with Crippen molar-refractivity contribution < 1.29 is 4.79 Å². The van der Waals surface area contributed by atoms with Crippen molar-refractivity contribution in [1.29, 1.82) is 0 Å². The molecule has 1 nitrogen and oxygen atoms in total. The molecule has 2 rings (SSSR count). The van der Waals surface area contributed by atoms with Gasteiger partial charge in [-0.2, -0.15) is 0 Å². The highest BCUT2D eigenvalue weighted by molar-refractivity contribution is 9.10. The highest BCUT2D eigenvalue weighted by Crippen LogP contribution is 2.32. The zero-order valence-electron chi connectivity index (χ0n) is 6.85. The fourth-order valence-electron chi connectivity index (χ4n) is 1.83. The number of hydrogen-bond donors (Lipinski definition) is 0. The van der Waals surface area contributed by atoms with E-state index in [0.717, 1.165) is 31.3 Å². The molecule has 0 saturated heterocycles. The fraction of sp³-hybridized carbons (Fsp3) is 0.500. The molecule has 0 aromatic carbocycles. The van der Waals surface area contributed by atoms with Crippen molar-refractivity contribution in [1.82, 2.24) is 0 Å². The van der Waals surface area contributed by atoms with Gasteiger partial charge in [-0.3, -0.25) is 4.79 Å². The summed E-state index contributed by atoms with van der Waals surface area (Å²) < 4.78 is 0. The maximum Gasteiger partial charge on any atom is 0.176 e. The quantitative estimate of drug-likeness (QED) is 0.581. The molecule has 0 amide bonds. The first kappa shape index (κ1) is 8.24. The number of ketones is 1. The van der Waals surface area contributed by atoms with Crippen LogP contribution >= 0.6 is 15.9 Å². The van der Waals surface area contributed by atoms with Gasteiger partial charge in [0.05, 0.1) is 4.83 Å². The molecule has 1 unspecified atom stereocenters. The summed E-state index contributed by atoms with van der Waals surface area (Å²) in [6.45, 7) is 0. The third kappa shape index (κ3) is 1.28. The number of allylic oxidation sites excluding steroid dienone is 4. The van der Waals surface area contributed by atoms with E-state index in [-0.39, 0.29) is 10.6 Å². The molecule has 0 aliphatic heterocycles. The minimum Gasteiger partial charge on any atom is -0.293 e. The molecule has 0 spiro atoms. The molecule has 12 heavy (non-hydrogen) atoms. The number of carbonyl (C=O) groups excluding carboxylic acids is 1. The molecule has 2 aliphatic rings. The molecule has 2 heteroatoms. The van der Waals surface area contributed by atoms with Gasteiger partial charge in [0, 0.05) is 5.57 Å². The highest BCUT2D eigenvalue weighted by Gasteiger charge is 2.26. The average Bonchev–Trinajstić information content (AvgIpc) is 2.12. The van der Waals surface area contributed by atoms with Crippen molar-refractivity contribution in [3.63, 3.8) is 0 Å². The van der Waals surface area contributed by atoms with Crippen molar-refractivity contribution in [2.24, 2.45) is 0 Å². The van der Waals surface area contributed by atoms with E-state index in [0.29, 0.717) is 0 Å². The van der Waals surface area contributed by atoms with E-state index in [4.69, 9.17) is 0 Å². The predicted octanol–water partition coefficient (Wildman–Crippen LogP) is 2.76. The molecular weight excluding hydrogens is 216 g/mol. The monoisotopic (exact) mass is 226 g/mol. The van der Waals surface area contributed by atoms with Crippen LogP contribution in [0, 0.1) is 0 Å². The smallest absolute Gasteiger partial charge is 0.176 e. The first-order valence-corrected chi connectivity index (χ1v) is 5.27.